The van der Waals surface area contributed by atoms with Gasteiger partial charge in [0.2, 0.25) is 5.91 Å². The van der Waals surface area contributed by atoms with Crippen LogP contribution in [0.3, 0.4) is 0 Å². The number of hydrazine groups is 1. The van der Waals surface area contributed by atoms with E-state index in [1.807, 2.05) is 68.1 Å². The molecule has 12 heteroatoms. The highest BCUT2D eigenvalue weighted by Gasteiger charge is 2.55. The van der Waals surface area contributed by atoms with Gasteiger partial charge in [-0.25, -0.2) is 10.2 Å². The zero-order valence-corrected chi connectivity index (χ0v) is 27.0. The van der Waals surface area contributed by atoms with Crippen LogP contribution in [0.15, 0.2) is 91.5 Å². The van der Waals surface area contributed by atoms with Gasteiger partial charge in [-0.05, 0) is 82.0 Å². The number of anilines is 2. The minimum Gasteiger partial charge on any atom is -0.335 e. The van der Waals surface area contributed by atoms with Crippen molar-refractivity contribution in [2.75, 3.05) is 37.8 Å². The number of amides is 5. The largest absolute Gasteiger partial charge is 0.335 e. The van der Waals surface area contributed by atoms with Crippen molar-refractivity contribution in [3.63, 3.8) is 0 Å². The van der Waals surface area contributed by atoms with Crippen LogP contribution < -0.4 is 32.1 Å². The Labute approximate surface area is 274 Å². The van der Waals surface area contributed by atoms with Gasteiger partial charge in [-0.1, -0.05) is 43.0 Å². The summed E-state index contributed by atoms with van der Waals surface area (Å²) in [7, 11) is 3.96. The topological polar surface area (TPSA) is 147 Å². The summed E-state index contributed by atoms with van der Waals surface area (Å²) in [5, 5.41) is 11.8. The Kier molecular flexibility index (Phi) is 10.0. The van der Waals surface area contributed by atoms with E-state index in [0.717, 1.165) is 5.56 Å². The molecule has 5 rings (SSSR count). The number of benzene rings is 3. The summed E-state index contributed by atoms with van der Waals surface area (Å²) >= 11 is 0. The zero-order chi connectivity index (χ0) is 33.7. The molecule has 0 radical (unpaired) electrons. The van der Waals surface area contributed by atoms with Crippen molar-refractivity contribution in [2.45, 2.75) is 37.6 Å². The number of hydrogen-bond donors (Lipinski definition) is 6. The summed E-state index contributed by atoms with van der Waals surface area (Å²) in [6, 6.07) is 22.6. The van der Waals surface area contributed by atoms with Crippen molar-refractivity contribution < 1.29 is 19.2 Å². The van der Waals surface area contributed by atoms with E-state index < -0.39 is 11.7 Å². The Bertz CT molecular complexity index is 1630. The van der Waals surface area contributed by atoms with E-state index in [4.69, 9.17) is 0 Å². The molecule has 4 atom stereocenters. The van der Waals surface area contributed by atoms with E-state index in [0.29, 0.717) is 35.6 Å². The summed E-state index contributed by atoms with van der Waals surface area (Å²) in [6.45, 7) is 8.55. The van der Waals surface area contributed by atoms with Crippen LogP contribution in [0, 0.1) is 5.92 Å². The highest BCUT2D eigenvalue weighted by atomic mass is 16.2. The first-order valence-electron chi connectivity index (χ1n) is 15.5. The van der Waals surface area contributed by atoms with Gasteiger partial charge in [0.1, 0.15) is 0 Å². The number of nitrogens with zero attached hydrogens (tertiary/aromatic N) is 2. The summed E-state index contributed by atoms with van der Waals surface area (Å²) in [5.41, 5.74) is 8.76. The van der Waals surface area contributed by atoms with Crippen LogP contribution in [0.4, 0.5) is 16.2 Å². The normalized spacial score (nSPS) is 20.2. The van der Waals surface area contributed by atoms with Crippen LogP contribution in [-0.2, 0) is 4.79 Å². The van der Waals surface area contributed by atoms with Crippen molar-refractivity contribution >= 4 is 35.1 Å². The van der Waals surface area contributed by atoms with E-state index in [-0.39, 0.29) is 41.8 Å². The molecule has 3 unspecified atom stereocenters. The van der Waals surface area contributed by atoms with E-state index in [1.165, 1.54) is 6.08 Å². The number of rotatable bonds is 10. The lowest BCUT2D eigenvalue weighted by molar-refractivity contribution is -0.111. The molecule has 2 heterocycles. The predicted octanol–water partition coefficient (Wildman–Crippen LogP) is 3.32. The van der Waals surface area contributed by atoms with Gasteiger partial charge < -0.3 is 31.1 Å². The number of nitrogens with one attached hydrogen (secondary N) is 6. The first-order chi connectivity index (χ1) is 22.5. The Morgan fingerprint density at radius 1 is 0.915 bits per heavy atom. The summed E-state index contributed by atoms with van der Waals surface area (Å²) in [5.74, 6) is -1.12. The fourth-order valence-corrected chi connectivity index (χ4v) is 6.18. The number of fused-ring (bicyclic) bond motifs is 1. The second-order valence-corrected chi connectivity index (χ2v) is 12.6. The van der Waals surface area contributed by atoms with Crippen LogP contribution in [0.2, 0.25) is 0 Å². The number of urea groups is 1. The van der Waals surface area contributed by atoms with Gasteiger partial charge in [-0.15, -0.1) is 0 Å². The van der Waals surface area contributed by atoms with Crippen LogP contribution in [0.1, 0.15) is 46.2 Å². The molecule has 0 aliphatic carbocycles. The van der Waals surface area contributed by atoms with Gasteiger partial charge in [0.05, 0.1) is 23.8 Å². The van der Waals surface area contributed by atoms with Gasteiger partial charge in [-0.3, -0.25) is 19.8 Å². The third-order valence-electron chi connectivity index (χ3n) is 8.66. The van der Waals surface area contributed by atoms with Crippen molar-refractivity contribution in [3.05, 3.63) is 108 Å². The standard InChI is InChI=1S/C35H42N8O4/c1-6-29(44)36-25-17-15-23(16-18-25)32(45)37-26-14-10-13-24(19-26)33(46)39-31-27-20-43(35(2,3)30(27)40-41-31)34(47)38-28(21-42(4)5)22-11-8-7-9-12-22/h6-19,27-28,30-31,40-41H,1,20-21H2,2-5H3,(H,36,44)(H,37,45)(H,38,47)(H,39,46)/t27?,28-,30?,31?/m1/s1. The Morgan fingerprint density at radius 3 is 2.32 bits per heavy atom. The van der Waals surface area contributed by atoms with E-state index in [9.17, 15) is 19.2 Å². The molecule has 3 aromatic carbocycles. The maximum absolute atomic E-state index is 13.7. The number of hydrogen-bond acceptors (Lipinski definition) is 7. The third-order valence-corrected chi connectivity index (χ3v) is 8.66. The number of likely N-dealkylation sites (N-methyl/N-ethyl adjacent to an activating group) is 1. The van der Waals surface area contributed by atoms with Gasteiger partial charge in [0, 0.05) is 41.5 Å². The predicted molar refractivity (Wildman–Crippen MR) is 182 cm³/mol. The Hall–Kier alpha value is -5.04. The SMILES string of the molecule is C=CC(=O)Nc1ccc(C(=O)Nc2cccc(C(=O)NC3NNC4C3CN(C(=O)N[C@H](CN(C)C)c3ccccc3)C4(C)C)c2)cc1. The van der Waals surface area contributed by atoms with E-state index in [2.05, 4.69) is 38.7 Å². The molecule has 12 nitrogen and oxygen atoms in total. The maximum Gasteiger partial charge on any atom is 0.318 e. The second kappa shape index (κ2) is 14.2. The average Bonchev–Trinajstić information content (AvgIpc) is 3.58. The van der Waals surface area contributed by atoms with Gasteiger partial charge in [0.15, 0.2) is 0 Å². The first kappa shape index (κ1) is 33.3. The number of carbonyl (C=O) groups is 4. The van der Waals surface area contributed by atoms with E-state index >= 15 is 0 Å². The fourth-order valence-electron chi connectivity index (χ4n) is 6.18. The average molecular weight is 639 g/mol. The van der Waals surface area contributed by atoms with Gasteiger partial charge in [-0.2, -0.15) is 0 Å². The minimum atomic E-state index is -0.541. The molecular formula is C35H42N8O4. The molecule has 2 aliphatic heterocycles. The van der Waals surface area contributed by atoms with Gasteiger partial charge >= 0.3 is 6.03 Å². The Morgan fingerprint density at radius 2 is 1.64 bits per heavy atom. The highest BCUT2D eigenvalue weighted by molar-refractivity contribution is 6.06. The van der Waals surface area contributed by atoms with Crippen LogP contribution in [-0.4, -0.2) is 78.5 Å². The molecule has 0 spiro atoms. The van der Waals surface area contributed by atoms with Gasteiger partial charge in [0.25, 0.3) is 11.8 Å². The highest BCUT2D eigenvalue weighted by Crippen LogP contribution is 2.37. The minimum absolute atomic E-state index is 0.0918. The molecule has 3 aromatic rings. The van der Waals surface area contributed by atoms with Crippen molar-refractivity contribution in [3.8, 4) is 0 Å². The van der Waals surface area contributed by atoms with Crippen molar-refractivity contribution in [2.24, 2.45) is 5.92 Å². The lowest BCUT2D eigenvalue weighted by Gasteiger charge is -2.37. The summed E-state index contributed by atoms with van der Waals surface area (Å²) < 4.78 is 0. The lowest BCUT2D eigenvalue weighted by atomic mass is 9.90. The third kappa shape index (κ3) is 7.68. The summed E-state index contributed by atoms with van der Waals surface area (Å²) in [6.07, 6.45) is 0.730. The maximum atomic E-state index is 13.7. The zero-order valence-electron chi connectivity index (χ0n) is 27.0. The van der Waals surface area contributed by atoms with Crippen LogP contribution in [0.25, 0.3) is 0 Å². The first-order valence-corrected chi connectivity index (χ1v) is 15.5. The molecule has 2 saturated heterocycles. The quantitative estimate of drug-likeness (QED) is 0.187. The number of carbonyl (C=O) groups excluding carboxylic acids is 4. The van der Waals surface area contributed by atoms with Crippen LogP contribution >= 0.6 is 0 Å². The van der Waals surface area contributed by atoms with E-state index in [1.54, 1.807) is 48.5 Å². The lowest BCUT2D eigenvalue weighted by Crippen LogP contribution is -2.57. The molecule has 5 amide bonds. The molecule has 2 aliphatic rings. The van der Waals surface area contributed by atoms with Crippen molar-refractivity contribution in [1.29, 1.82) is 0 Å². The Balaban J connectivity index is 1.21. The van der Waals surface area contributed by atoms with Crippen LogP contribution in [0.5, 0.6) is 0 Å². The molecule has 6 N–H and O–H groups in total. The molecule has 0 aromatic heterocycles. The second-order valence-electron chi connectivity index (χ2n) is 12.6. The molecule has 2 fully saturated rings. The number of likely N-dealkylation sites (tertiary alicyclic amines) is 1. The fraction of sp³-hybridized carbons (Fsp3) is 0.314. The van der Waals surface area contributed by atoms with Crippen molar-refractivity contribution in [1.82, 2.24) is 31.3 Å². The monoisotopic (exact) mass is 638 g/mol. The molecular weight excluding hydrogens is 596 g/mol. The molecule has 47 heavy (non-hydrogen) atoms. The molecule has 0 saturated carbocycles. The molecule has 246 valence electrons. The molecule has 0 bridgehead atoms. The summed E-state index contributed by atoms with van der Waals surface area (Å²) in [4.78, 5) is 55.4. The smallest absolute Gasteiger partial charge is 0.318 e.